The molecule has 1 fully saturated rings. The summed E-state index contributed by atoms with van der Waals surface area (Å²) >= 11 is 0. The first-order chi connectivity index (χ1) is 11.5. The third-order valence-corrected chi connectivity index (χ3v) is 4.75. The molecule has 5 nitrogen and oxygen atoms in total. The second kappa shape index (κ2) is 6.77. The largest absolute Gasteiger partial charge is 0.357 e. The molecule has 0 radical (unpaired) electrons. The molecule has 5 heteroatoms. The lowest BCUT2D eigenvalue weighted by atomic mass is 10.0. The van der Waals surface area contributed by atoms with Gasteiger partial charge in [-0.25, -0.2) is 0 Å². The topological polar surface area (TPSA) is 65.2 Å². The maximum Gasteiger partial charge on any atom is 0.224 e. The molecule has 2 aromatic rings. The third kappa shape index (κ3) is 3.22. The lowest BCUT2D eigenvalue weighted by Gasteiger charge is -2.16. The van der Waals surface area contributed by atoms with Crippen molar-refractivity contribution in [1.29, 1.82) is 0 Å². The molecule has 128 valence electrons. The van der Waals surface area contributed by atoms with E-state index in [1.165, 1.54) is 0 Å². The average molecular weight is 327 g/mol. The normalized spacial score (nSPS) is 17.9. The highest BCUT2D eigenvalue weighted by Crippen LogP contribution is 2.18. The summed E-state index contributed by atoms with van der Waals surface area (Å²) in [5.74, 6) is 0.216. The molecule has 1 aromatic carbocycles. The van der Waals surface area contributed by atoms with Crippen LogP contribution >= 0.6 is 0 Å². The van der Waals surface area contributed by atoms with Crippen LogP contribution in [0.2, 0.25) is 0 Å². The van der Waals surface area contributed by atoms with Gasteiger partial charge in [0.1, 0.15) is 0 Å². The first-order valence-corrected chi connectivity index (χ1v) is 8.63. The standard InChI is InChI=1S/C19H25N3O2/c1-4-7-22-11-15(9-17(22)24)20-10-14-8-16(23)18-12(2)5-6-13(3)19(18)21-14/h5-6,8,15,20H,4,7,9-11H2,1-3H3,(H,21,23). The lowest BCUT2D eigenvalue weighted by Crippen LogP contribution is -2.33. The molecule has 3 rings (SSSR count). The van der Waals surface area contributed by atoms with Crippen molar-refractivity contribution < 1.29 is 4.79 Å². The molecule has 2 N–H and O–H groups in total. The number of H-pyrrole nitrogens is 1. The van der Waals surface area contributed by atoms with Gasteiger partial charge in [-0.3, -0.25) is 9.59 Å². The number of aryl methyl sites for hydroxylation is 2. The molecule has 0 aliphatic carbocycles. The number of aromatic amines is 1. The number of nitrogens with zero attached hydrogens (tertiary/aromatic N) is 1. The van der Waals surface area contributed by atoms with Crippen molar-refractivity contribution in [2.45, 2.75) is 46.2 Å². The Kier molecular flexibility index (Phi) is 4.71. The van der Waals surface area contributed by atoms with Gasteiger partial charge in [0.15, 0.2) is 5.43 Å². The van der Waals surface area contributed by atoms with Crippen molar-refractivity contribution in [1.82, 2.24) is 15.2 Å². The number of carbonyl (C=O) groups is 1. The van der Waals surface area contributed by atoms with E-state index >= 15 is 0 Å². The van der Waals surface area contributed by atoms with E-state index in [0.717, 1.165) is 47.2 Å². The molecule has 1 aliphatic heterocycles. The smallest absolute Gasteiger partial charge is 0.224 e. The zero-order chi connectivity index (χ0) is 17.3. The Labute approximate surface area is 142 Å². The monoisotopic (exact) mass is 327 g/mol. The fourth-order valence-electron chi connectivity index (χ4n) is 3.46. The molecule has 1 aliphatic rings. The molecular formula is C19H25N3O2. The maximum absolute atomic E-state index is 12.4. The molecule has 1 amide bonds. The van der Waals surface area contributed by atoms with Crippen LogP contribution in [-0.4, -0.2) is 34.9 Å². The van der Waals surface area contributed by atoms with Gasteiger partial charge in [-0.1, -0.05) is 19.1 Å². The van der Waals surface area contributed by atoms with Crippen molar-refractivity contribution in [3.8, 4) is 0 Å². The number of aromatic nitrogens is 1. The van der Waals surface area contributed by atoms with E-state index in [2.05, 4.69) is 17.2 Å². The molecule has 1 unspecified atom stereocenters. The van der Waals surface area contributed by atoms with E-state index in [1.807, 2.05) is 30.9 Å². The molecule has 2 heterocycles. The first-order valence-electron chi connectivity index (χ1n) is 8.63. The van der Waals surface area contributed by atoms with Crippen LogP contribution in [0.15, 0.2) is 23.0 Å². The minimum Gasteiger partial charge on any atom is -0.357 e. The predicted octanol–water partition coefficient (Wildman–Crippen LogP) is 2.25. The van der Waals surface area contributed by atoms with Crippen LogP contribution in [0.3, 0.4) is 0 Å². The van der Waals surface area contributed by atoms with Crippen LogP contribution in [-0.2, 0) is 11.3 Å². The molecule has 0 spiro atoms. The minimum atomic E-state index is 0.0526. The third-order valence-electron chi connectivity index (χ3n) is 4.75. The number of hydrogen-bond acceptors (Lipinski definition) is 3. The first kappa shape index (κ1) is 16.7. The van der Waals surface area contributed by atoms with Gasteiger partial charge in [-0.2, -0.15) is 0 Å². The summed E-state index contributed by atoms with van der Waals surface area (Å²) in [6, 6.07) is 5.84. The van der Waals surface area contributed by atoms with Gasteiger partial charge in [-0.05, 0) is 31.4 Å². The summed E-state index contributed by atoms with van der Waals surface area (Å²) in [5, 5.41) is 4.18. The number of amides is 1. The van der Waals surface area contributed by atoms with E-state index < -0.39 is 0 Å². The number of hydrogen-bond donors (Lipinski definition) is 2. The van der Waals surface area contributed by atoms with E-state index in [9.17, 15) is 9.59 Å². The lowest BCUT2D eigenvalue weighted by molar-refractivity contribution is -0.127. The zero-order valence-electron chi connectivity index (χ0n) is 14.6. The van der Waals surface area contributed by atoms with Crippen LogP contribution in [0.1, 0.15) is 36.6 Å². The molecule has 1 aromatic heterocycles. The van der Waals surface area contributed by atoms with Gasteiger partial charge in [0.2, 0.25) is 5.91 Å². The summed E-state index contributed by atoms with van der Waals surface area (Å²) < 4.78 is 0. The van der Waals surface area contributed by atoms with Crippen molar-refractivity contribution >= 4 is 16.8 Å². The average Bonchev–Trinajstić information content (AvgIpc) is 2.89. The summed E-state index contributed by atoms with van der Waals surface area (Å²) in [4.78, 5) is 29.7. The van der Waals surface area contributed by atoms with Crippen LogP contribution in [0, 0.1) is 13.8 Å². The number of benzene rings is 1. The Morgan fingerprint density at radius 2 is 2.00 bits per heavy atom. The maximum atomic E-state index is 12.4. The second-order valence-corrected chi connectivity index (χ2v) is 6.73. The van der Waals surface area contributed by atoms with Gasteiger partial charge in [0.25, 0.3) is 0 Å². The van der Waals surface area contributed by atoms with Crippen LogP contribution in [0.25, 0.3) is 10.9 Å². The van der Waals surface area contributed by atoms with Crippen molar-refractivity contribution in [2.75, 3.05) is 13.1 Å². The Hall–Kier alpha value is -2.14. The number of pyridine rings is 1. The number of nitrogens with one attached hydrogen (secondary N) is 2. The van der Waals surface area contributed by atoms with Crippen molar-refractivity contribution in [3.63, 3.8) is 0 Å². The zero-order valence-corrected chi connectivity index (χ0v) is 14.6. The summed E-state index contributed by atoms with van der Waals surface area (Å²) in [5.41, 5.74) is 3.89. The quantitative estimate of drug-likeness (QED) is 0.885. The van der Waals surface area contributed by atoms with Crippen LogP contribution < -0.4 is 10.7 Å². The number of fused-ring (bicyclic) bond motifs is 1. The molecule has 24 heavy (non-hydrogen) atoms. The summed E-state index contributed by atoms with van der Waals surface area (Å²) in [6.07, 6.45) is 1.52. The minimum absolute atomic E-state index is 0.0526. The van der Waals surface area contributed by atoms with Crippen molar-refractivity contribution in [3.05, 3.63) is 45.2 Å². The van der Waals surface area contributed by atoms with Crippen LogP contribution in [0.4, 0.5) is 0 Å². The predicted molar refractivity (Wildman–Crippen MR) is 96.2 cm³/mol. The highest BCUT2D eigenvalue weighted by molar-refractivity contribution is 5.84. The fraction of sp³-hybridized carbons (Fsp3) is 0.474. The van der Waals surface area contributed by atoms with Gasteiger partial charge >= 0.3 is 0 Å². The number of likely N-dealkylation sites (tertiary alicyclic amines) is 1. The summed E-state index contributed by atoms with van der Waals surface area (Å²) in [6.45, 7) is 8.19. The molecule has 1 saturated heterocycles. The SMILES string of the molecule is CCCN1CC(NCc2cc(=O)c3c(C)ccc(C)c3[nH]2)CC1=O. The van der Waals surface area contributed by atoms with Gasteiger partial charge in [-0.15, -0.1) is 0 Å². The Bertz CT molecular complexity index is 825. The summed E-state index contributed by atoms with van der Waals surface area (Å²) in [7, 11) is 0. The Balaban J connectivity index is 1.76. The van der Waals surface area contributed by atoms with Gasteiger partial charge in [0, 0.05) is 49.2 Å². The fourth-order valence-corrected chi connectivity index (χ4v) is 3.46. The second-order valence-electron chi connectivity index (χ2n) is 6.73. The Morgan fingerprint density at radius 3 is 2.75 bits per heavy atom. The Morgan fingerprint density at radius 1 is 1.25 bits per heavy atom. The molecule has 0 bridgehead atoms. The molecule has 1 atom stereocenters. The van der Waals surface area contributed by atoms with E-state index in [0.29, 0.717) is 13.0 Å². The van der Waals surface area contributed by atoms with E-state index in [1.54, 1.807) is 6.07 Å². The van der Waals surface area contributed by atoms with Crippen LogP contribution in [0.5, 0.6) is 0 Å². The molecule has 0 saturated carbocycles. The highest BCUT2D eigenvalue weighted by Gasteiger charge is 2.28. The van der Waals surface area contributed by atoms with E-state index in [-0.39, 0.29) is 17.4 Å². The van der Waals surface area contributed by atoms with E-state index in [4.69, 9.17) is 0 Å². The number of rotatable bonds is 5. The highest BCUT2D eigenvalue weighted by atomic mass is 16.2. The van der Waals surface area contributed by atoms with Gasteiger partial charge in [0.05, 0.1) is 5.52 Å². The molecular weight excluding hydrogens is 302 g/mol. The number of carbonyl (C=O) groups excluding carboxylic acids is 1. The van der Waals surface area contributed by atoms with Gasteiger partial charge < -0.3 is 15.2 Å². The van der Waals surface area contributed by atoms with Crippen molar-refractivity contribution in [2.24, 2.45) is 0 Å².